The van der Waals surface area contributed by atoms with Crippen molar-refractivity contribution in [1.29, 1.82) is 0 Å². The highest BCUT2D eigenvalue weighted by molar-refractivity contribution is 6.37. The average Bonchev–Trinajstić information content (AvgIpc) is 2.61. The number of aryl methyl sites for hydroxylation is 2. The first-order chi connectivity index (χ1) is 12.6. The van der Waals surface area contributed by atoms with Crippen molar-refractivity contribution in [3.05, 3.63) is 76.0 Å². The van der Waals surface area contributed by atoms with Gasteiger partial charge in [0, 0.05) is 5.02 Å². The maximum atomic E-state index is 13.0. The van der Waals surface area contributed by atoms with Gasteiger partial charge in [0.25, 0.3) is 0 Å². The Bertz CT molecular complexity index is 1040. The van der Waals surface area contributed by atoms with Crippen LogP contribution < -0.4 is 0 Å². The molecule has 2 aromatic rings. The van der Waals surface area contributed by atoms with E-state index in [-0.39, 0.29) is 16.9 Å². The summed E-state index contributed by atoms with van der Waals surface area (Å²) in [5.74, 6) is -1.18. The second-order valence-corrected chi connectivity index (χ2v) is 7.91. The Labute approximate surface area is 164 Å². The molecule has 0 aromatic heterocycles. The normalized spacial score (nSPS) is 16.9. The molecule has 0 radical (unpaired) electrons. The summed E-state index contributed by atoms with van der Waals surface area (Å²) in [5, 5.41) is 11.2. The van der Waals surface area contributed by atoms with E-state index >= 15 is 0 Å². The van der Waals surface area contributed by atoms with Crippen molar-refractivity contribution >= 4 is 28.7 Å². The summed E-state index contributed by atoms with van der Waals surface area (Å²) in [4.78, 5) is 25.4. The first kappa shape index (κ1) is 19.1. The molecule has 0 fully saturated rings. The molecule has 1 aliphatic rings. The average molecular weight is 381 g/mol. The molecule has 0 saturated carbocycles. The van der Waals surface area contributed by atoms with Gasteiger partial charge in [-0.2, -0.15) is 0 Å². The van der Waals surface area contributed by atoms with E-state index in [4.69, 9.17) is 11.6 Å². The predicted molar refractivity (Wildman–Crippen MR) is 109 cm³/mol. The van der Waals surface area contributed by atoms with Crippen LogP contribution in [0.15, 0.2) is 54.3 Å². The van der Waals surface area contributed by atoms with Gasteiger partial charge in [-0.05, 0) is 73.7 Å². The number of carbonyl (C=O) groups is 2. The number of aliphatic hydroxyl groups is 1. The van der Waals surface area contributed by atoms with Crippen LogP contribution >= 0.6 is 11.6 Å². The summed E-state index contributed by atoms with van der Waals surface area (Å²) in [6, 6.07) is 11.4. The molecule has 0 atom stereocenters. The standard InChI is InChI=1S/C23H21ClO3/c1-12-6-7-15(17-9-8-16(24)10-13(17)2)11-18(12)19-20(25)14(3)21(26)23(4,5)22(19)27/h6-11,25H,3H2,1-2,4-5H3. The van der Waals surface area contributed by atoms with E-state index in [1.807, 2.05) is 50.2 Å². The van der Waals surface area contributed by atoms with Crippen LogP contribution in [-0.4, -0.2) is 16.7 Å². The van der Waals surface area contributed by atoms with Crippen LogP contribution in [-0.2, 0) is 9.59 Å². The van der Waals surface area contributed by atoms with Gasteiger partial charge >= 0.3 is 0 Å². The number of halogens is 1. The van der Waals surface area contributed by atoms with Gasteiger partial charge in [0.05, 0.1) is 16.6 Å². The van der Waals surface area contributed by atoms with Crippen LogP contribution in [0.2, 0.25) is 5.02 Å². The number of hydrogen-bond donors (Lipinski definition) is 1. The molecule has 0 heterocycles. The summed E-state index contributed by atoms with van der Waals surface area (Å²) in [5.41, 5.74) is 3.20. The fraction of sp³-hybridized carbons (Fsp3) is 0.217. The zero-order valence-electron chi connectivity index (χ0n) is 15.8. The lowest BCUT2D eigenvalue weighted by atomic mass is 9.70. The van der Waals surface area contributed by atoms with Crippen molar-refractivity contribution in [2.45, 2.75) is 27.7 Å². The van der Waals surface area contributed by atoms with Crippen molar-refractivity contribution in [3.63, 3.8) is 0 Å². The Morgan fingerprint density at radius 2 is 1.59 bits per heavy atom. The van der Waals surface area contributed by atoms with Gasteiger partial charge in [-0.3, -0.25) is 9.59 Å². The largest absolute Gasteiger partial charge is 0.506 e. The molecule has 2 aromatic carbocycles. The van der Waals surface area contributed by atoms with E-state index in [2.05, 4.69) is 6.58 Å². The lowest BCUT2D eigenvalue weighted by Crippen LogP contribution is -2.39. The molecule has 1 aliphatic carbocycles. The van der Waals surface area contributed by atoms with Crippen molar-refractivity contribution in [3.8, 4) is 11.1 Å². The number of aliphatic hydroxyl groups excluding tert-OH is 1. The number of rotatable bonds is 2. The van der Waals surface area contributed by atoms with Crippen molar-refractivity contribution in [1.82, 2.24) is 0 Å². The van der Waals surface area contributed by atoms with Crippen LogP contribution in [0.1, 0.15) is 30.5 Å². The SMILES string of the molecule is C=C1C(=O)C(C)(C)C(=O)C(c2cc(-c3ccc(Cl)cc3C)ccc2C)=C1O. The highest BCUT2D eigenvalue weighted by Gasteiger charge is 2.46. The van der Waals surface area contributed by atoms with Gasteiger partial charge in [0.1, 0.15) is 5.76 Å². The molecule has 0 saturated heterocycles. The van der Waals surface area contributed by atoms with Gasteiger partial charge in [0.2, 0.25) is 0 Å². The number of benzene rings is 2. The van der Waals surface area contributed by atoms with E-state index in [1.54, 1.807) is 13.8 Å². The summed E-state index contributed by atoms with van der Waals surface area (Å²) < 4.78 is 0. The van der Waals surface area contributed by atoms with Gasteiger partial charge in [-0.15, -0.1) is 0 Å². The van der Waals surface area contributed by atoms with Crippen molar-refractivity contribution < 1.29 is 14.7 Å². The lowest BCUT2D eigenvalue weighted by molar-refractivity contribution is -0.133. The minimum absolute atomic E-state index is 0.0259. The van der Waals surface area contributed by atoms with Gasteiger partial charge in [0.15, 0.2) is 11.6 Å². The second-order valence-electron chi connectivity index (χ2n) is 7.47. The first-order valence-corrected chi connectivity index (χ1v) is 9.03. The maximum Gasteiger partial charge on any atom is 0.180 e. The molecule has 3 nitrogen and oxygen atoms in total. The Morgan fingerprint density at radius 1 is 0.926 bits per heavy atom. The van der Waals surface area contributed by atoms with Crippen LogP contribution in [0.4, 0.5) is 0 Å². The van der Waals surface area contributed by atoms with E-state index in [0.29, 0.717) is 10.6 Å². The monoisotopic (exact) mass is 380 g/mol. The third-order valence-corrected chi connectivity index (χ3v) is 5.40. The molecule has 1 N–H and O–H groups in total. The molecule has 138 valence electrons. The zero-order chi connectivity index (χ0) is 20.1. The fourth-order valence-electron chi connectivity index (χ4n) is 3.42. The quantitative estimate of drug-likeness (QED) is 0.542. The summed E-state index contributed by atoms with van der Waals surface area (Å²) in [6.45, 7) is 10.7. The van der Waals surface area contributed by atoms with E-state index in [1.165, 1.54) is 0 Å². The highest BCUT2D eigenvalue weighted by atomic mass is 35.5. The minimum Gasteiger partial charge on any atom is -0.506 e. The maximum absolute atomic E-state index is 13.0. The van der Waals surface area contributed by atoms with Gasteiger partial charge in [-0.1, -0.05) is 36.4 Å². The van der Waals surface area contributed by atoms with Crippen molar-refractivity contribution in [2.75, 3.05) is 0 Å². The molecule has 27 heavy (non-hydrogen) atoms. The molecule has 0 bridgehead atoms. The van der Waals surface area contributed by atoms with Crippen LogP contribution in [0, 0.1) is 19.3 Å². The first-order valence-electron chi connectivity index (χ1n) is 8.65. The van der Waals surface area contributed by atoms with E-state index < -0.39 is 17.0 Å². The Balaban J connectivity index is 2.24. The number of allylic oxidation sites excluding steroid dienone is 2. The molecule has 0 spiro atoms. The molecule has 0 unspecified atom stereocenters. The van der Waals surface area contributed by atoms with E-state index in [9.17, 15) is 14.7 Å². The summed E-state index contributed by atoms with van der Waals surface area (Å²) in [7, 11) is 0. The smallest absolute Gasteiger partial charge is 0.180 e. The second kappa shape index (κ2) is 6.50. The number of hydrogen-bond acceptors (Lipinski definition) is 3. The lowest BCUT2D eigenvalue weighted by Gasteiger charge is -2.30. The summed E-state index contributed by atoms with van der Waals surface area (Å²) >= 11 is 6.06. The number of ketones is 2. The Hall–Kier alpha value is -2.65. The van der Waals surface area contributed by atoms with Gasteiger partial charge < -0.3 is 5.11 Å². The minimum atomic E-state index is -1.25. The van der Waals surface area contributed by atoms with Crippen molar-refractivity contribution in [2.24, 2.45) is 5.41 Å². The molecular weight excluding hydrogens is 360 g/mol. The topological polar surface area (TPSA) is 54.4 Å². The van der Waals surface area contributed by atoms with Crippen LogP contribution in [0.3, 0.4) is 0 Å². The predicted octanol–water partition coefficient (Wildman–Crippen LogP) is 5.63. The Kier molecular flexibility index (Phi) is 4.61. The molecule has 4 heteroatoms. The zero-order valence-corrected chi connectivity index (χ0v) is 16.6. The third-order valence-electron chi connectivity index (χ3n) is 5.17. The highest BCUT2D eigenvalue weighted by Crippen LogP contribution is 2.41. The number of carbonyl (C=O) groups excluding carboxylic acids is 2. The third kappa shape index (κ3) is 3.02. The summed E-state index contributed by atoms with van der Waals surface area (Å²) in [6.07, 6.45) is 0. The Morgan fingerprint density at radius 3 is 2.22 bits per heavy atom. The fourth-order valence-corrected chi connectivity index (χ4v) is 3.65. The molecule has 3 rings (SSSR count). The number of Topliss-reactive ketones (excluding diaryl/α,β-unsaturated/α-hetero) is 2. The molecule has 0 aliphatic heterocycles. The molecular formula is C23H21ClO3. The van der Waals surface area contributed by atoms with Crippen LogP contribution in [0.25, 0.3) is 16.7 Å². The van der Waals surface area contributed by atoms with Crippen LogP contribution in [0.5, 0.6) is 0 Å². The molecule has 0 amide bonds. The van der Waals surface area contributed by atoms with E-state index in [0.717, 1.165) is 22.3 Å². The van der Waals surface area contributed by atoms with Gasteiger partial charge in [-0.25, -0.2) is 0 Å².